The topological polar surface area (TPSA) is 76.5 Å². The van der Waals surface area contributed by atoms with E-state index in [9.17, 15) is 14.0 Å². The summed E-state index contributed by atoms with van der Waals surface area (Å²) in [5.74, 6) is -0.278. The maximum Gasteiger partial charge on any atom is 0.255 e. The number of amides is 1. The van der Waals surface area contributed by atoms with Crippen LogP contribution in [0.3, 0.4) is 0 Å². The molecule has 2 heterocycles. The largest absolute Gasteiger partial charge is 0.378 e. The molecule has 0 unspecified atom stereocenters. The Morgan fingerprint density at radius 3 is 2.62 bits per heavy atom. The molecule has 8 heteroatoms. The average molecular weight is 360 g/mol. The van der Waals surface area contributed by atoms with E-state index >= 15 is 0 Å². The Morgan fingerprint density at radius 1 is 1.27 bits per heavy atom. The van der Waals surface area contributed by atoms with Crippen molar-refractivity contribution in [3.8, 4) is 0 Å². The van der Waals surface area contributed by atoms with Crippen molar-refractivity contribution in [3.05, 3.63) is 52.2 Å². The van der Waals surface area contributed by atoms with Crippen LogP contribution in [0.2, 0.25) is 0 Å². The molecule has 0 radical (unpaired) electrons. The molecule has 1 saturated heterocycles. The molecule has 138 valence electrons. The maximum absolute atomic E-state index is 13.0. The molecule has 1 aromatic heterocycles. The lowest BCUT2D eigenvalue weighted by Crippen LogP contribution is -2.42. The van der Waals surface area contributed by atoms with Crippen molar-refractivity contribution in [2.24, 2.45) is 0 Å². The molecule has 1 N–H and O–H groups in total. The molecule has 7 nitrogen and oxygen atoms in total. The summed E-state index contributed by atoms with van der Waals surface area (Å²) in [7, 11) is 0. The second-order valence-electron chi connectivity index (χ2n) is 5.98. The third kappa shape index (κ3) is 4.26. The number of hydrogen-bond donors (Lipinski definition) is 1. The molecule has 0 aliphatic carbocycles. The number of nitrogens with one attached hydrogen (secondary N) is 1. The van der Waals surface area contributed by atoms with Gasteiger partial charge in [-0.3, -0.25) is 14.2 Å². The molecular formula is C18H21FN4O3. The van der Waals surface area contributed by atoms with Crippen molar-refractivity contribution in [2.45, 2.75) is 19.9 Å². The van der Waals surface area contributed by atoms with Gasteiger partial charge in [-0.2, -0.15) is 0 Å². The Bertz CT molecular complexity index is 829. The highest BCUT2D eigenvalue weighted by Crippen LogP contribution is 2.13. The van der Waals surface area contributed by atoms with Gasteiger partial charge in [0.15, 0.2) is 0 Å². The third-order valence-electron chi connectivity index (χ3n) is 4.13. The van der Waals surface area contributed by atoms with E-state index in [4.69, 9.17) is 4.74 Å². The van der Waals surface area contributed by atoms with Crippen molar-refractivity contribution < 1.29 is 13.9 Å². The first-order valence-corrected chi connectivity index (χ1v) is 8.55. The van der Waals surface area contributed by atoms with Gasteiger partial charge in [0.2, 0.25) is 11.9 Å². The van der Waals surface area contributed by atoms with Gasteiger partial charge >= 0.3 is 0 Å². The normalized spacial score (nSPS) is 14.3. The number of halogens is 1. The molecule has 1 amide bonds. The van der Waals surface area contributed by atoms with Crippen molar-refractivity contribution in [1.82, 2.24) is 9.55 Å². The van der Waals surface area contributed by atoms with Gasteiger partial charge in [-0.15, -0.1) is 0 Å². The number of rotatable bonds is 5. The third-order valence-corrected chi connectivity index (χ3v) is 4.13. The minimum absolute atomic E-state index is 0.167. The molecule has 3 rings (SSSR count). The molecule has 1 aromatic carbocycles. The monoisotopic (exact) mass is 360 g/mol. The summed E-state index contributed by atoms with van der Waals surface area (Å²) in [5, 5.41) is 2.67. The van der Waals surface area contributed by atoms with Crippen LogP contribution in [0.1, 0.15) is 12.6 Å². The molecule has 26 heavy (non-hydrogen) atoms. The second kappa shape index (κ2) is 8.09. The van der Waals surface area contributed by atoms with Crippen LogP contribution in [0.4, 0.5) is 16.0 Å². The van der Waals surface area contributed by atoms with Gasteiger partial charge in [0.1, 0.15) is 12.4 Å². The lowest BCUT2D eigenvalue weighted by Gasteiger charge is -2.29. The summed E-state index contributed by atoms with van der Waals surface area (Å²) < 4.78 is 19.7. The van der Waals surface area contributed by atoms with E-state index in [0.29, 0.717) is 50.1 Å². The highest BCUT2D eigenvalue weighted by molar-refractivity contribution is 5.90. The summed E-state index contributed by atoms with van der Waals surface area (Å²) >= 11 is 0. The fraction of sp³-hybridized carbons (Fsp3) is 0.389. The van der Waals surface area contributed by atoms with Crippen LogP contribution in [0.15, 0.2) is 35.1 Å². The molecule has 0 atom stereocenters. The number of carbonyl (C=O) groups excluding carboxylic acids is 1. The van der Waals surface area contributed by atoms with Gasteiger partial charge in [-0.05, 0) is 30.7 Å². The van der Waals surface area contributed by atoms with E-state index in [1.54, 1.807) is 0 Å². The first-order valence-electron chi connectivity index (χ1n) is 8.55. The number of nitrogens with zero attached hydrogens (tertiary/aromatic N) is 3. The van der Waals surface area contributed by atoms with Crippen molar-refractivity contribution in [2.75, 3.05) is 36.5 Å². The van der Waals surface area contributed by atoms with Crippen molar-refractivity contribution in [1.29, 1.82) is 0 Å². The smallest absolute Gasteiger partial charge is 0.255 e. The Hall–Kier alpha value is -2.74. The van der Waals surface area contributed by atoms with E-state index in [-0.39, 0.29) is 23.8 Å². The number of carbonyl (C=O) groups is 1. The first kappa shape index (κ1) is 18.1. The van der Waals surface area contributed by atoms with Crippen molar-refractivity contribution in [3.63, 3.8) is 0 Å². The molecule has 1 fully saturated rings. The van der Waals surface area contributed by atoms with Crippen LogP contribution < -0.4 is 15.8 Å². The Labute approximate surface area is 150 Å². The standard InChI is InChI=1S/C18H21FN4O3/c1-2-14-11-17(25)23(18(21-14)22-7-9-26-10-8-22)12-16(24)20-15-5-3-13(19)4-6-15/h3-6,11H,2,7-10,12H2,1H3,(H,20,24). The highest BCUT2D eigenvalue weighted by atomic mass is 19.1. The number of ether oxygens (including phenoxy) is 1. The summed E-state index contributed by atoms with van der Waals surface area (Å²) in [6, 6.07) is 6.92. The van der Waals surface area contributed by atoms with E-state index in [0.717, 1.165) is 0 Å². The average Bonchev–Trinajstić information content (AvgIpc) is 2.65. The van der Waals surface area contributed by atoms with Gasteiger partial charge in [0, 0.05) is 30.5 Å². The van der Waals surface area contributed by atoms with Gasteiger partial charge in [-0.1, -0.05) is 6.92 Å². The SMILES string of the molecule is CCc1cc(=O)n(CC(=O)Nc2ccc(F)cc2)c(N2CCOCC2)n1. The molecule has 1 aliphatic rings. The zero-order valence-corrected chi connectivity index (χ0v) is 14.6. The quantitative estimate of drug-likeness (QED) is 0.873. The molecule has 0 spiro atoms. The van der Waals surface area contributed by atoms with E-state index in [1.807, 2.05) is 11.8 Å². The summed E-state index contributed by atoms with van der Waals surface area (Å²) in [5.41, 5.74) is 0.884. The summed E-state index contributed by atoms with van der Waals surface area (Å²) in [6.45, 7) is 4.08. The lowest BCUT2D eigenvalue weighted by molar-refractivity contribution is -0.116. The molecule has 0 saturated carbocycles. The summed E-state index contributed by atoms with van der Waals surface area (Å²) in [6.07, 6.45) is 0.634. The van der Waals surface area contributed by atoms with Gasteiger partial charge in [-0.25, -0.2) is 9.37 Å². The van der Waals surface area contributed by atoms with Gasteiger partial charge in [0.25, 0.3) is 5.56 Å². The zero-order chi connectivity index (χ0) is 18.5. The van der Waals surface area contributed by atoms with Crippen LogP contribution in [-0.2, 0) is 22.5 Å². The fourth-order valence-corrected chi connectivity index (χ4v) is 2.75. The van der Waals surface area contributed by atoms with Crippen LogP contribution in [0.5, 0.6) is 0 Å². The fourth-order valence-electron chi connectivity index (χ4n) is 2.75. The summed E-state index contributed by atoms with van der Waals surface area (Å²) in [4.78, 5) is 31.4. The van der Waals surface area contributed by atoms with E-state index < -0.39 is 0 Å². The van der Waals surface area contributed by atoms with Gasteiger partial charge in [0.05, 0.1) is 13.2 Å². The van der Waals surface area contributed by atoms with Crippen LogP contribution >= 0.6 is 0 Å². The van der Waals surface area contributed by atoms with Crippen LogP contribution in [-0.4, -0.2) is 41.8 Å². The number of aromatic nitrogens is 2. The lowest BCUT2D eigenvalue weighted by atomic mass is 10.3. The molecule has 1 aliphatic heterocycles. The van der Waals surface area contributed by atoms with Crippen LogP contribution in [0.25, 0.3) is 0 Å². The predicted molar refractivity (Wildman–Crippen MR) is 95.9 cm³/mol. The number of anilines is 2. The number of hydrogen-bond acceptors (Lipinski definition) is 5. The zero-order valence-electron chi connectivity index (χ0n) is 14.6. The van der Waals surface area contributed by atoms with Gasteiger partial charge < -0.3 is 15.0 Å². The first-order chi connectivity index (χ1) is 12.6. The number of aryl methyl sites for hydroxylation is 1. The highest BCUT2D eigenvalue weighted by Gasteiger charge is 2.19. The number of morpholine rings is 1. The Morgan fingerprint density at radius 2 is 1.96 bits per heavy atom. The maximum atomic E-state index is 13.0. The number of benzene rings is 1. The molecule has 0 bridgehead atoms. The Balaban J connectivity index is 1.84. The molecular weight excluding hydrogens is 339 g/mol. The van der Waals surface area contributed by atoms with E-state index in [2.05, 4.69) is 10.3 Å². The molecule has 2 aromatic rings. The minimum atomic E-state index is -0.381. The second-order valence-corrected chi connectivity index (χ2v) is 5.98. The Kier molecular flexibility index (Phi) is 5.62. The predicted octanol–water partition coefficient (Wildman–Crippen LogP) is 1.42. The van der Waals surface area contributed by atoms with Crippen LogP contribution in [0, 0.1) is 5.82 Å². The van der Waals surface area contributed by atoms with E-state index in [1.165, 1.54) is 34.9 Å². The van der Waals surface area contributed by atoms with Crippen molar-refractivity contribution >= 4 is 17.5 Å². The minimum Gasteiger partial charge on any atom is -0.378 e.